The Morgan fingerprint density at radius 1 is 1.36 bits per heavy atom. The molecule has 0 aliphatic carbocycles. The molecule has 0 N–H and O–H groups in total. The molecule has 14 heavy (non-hydrogen) atoms. The van der Waals surface area contributed by atoms with Gasteiger partial charge >= 0.3 is 0 Å². The monoisotopic (exact) mass is 285 g/mol. The van der Waals surface area contributed by atoms with Gasteiger partial charge in [-0.05, 0) is 20.9 Å². The molecule has 0 spiro atoms. The second-order valence-electron chi connectivity index (χ2n) is 4.10. The normalized spacial score (nSPS) is 13.6. The zero-order valence-electron chi connectivity index (χ0n) is 9.38. The third kappa shape index (κ3) is 4.75. The van der Waals surface area contributed by atoms with Gasteiger partial charge in [-0.15, -0.1) is 0 Å². The van der Waals surface area contributed by atoms with Crippen LogP contribution in [0.4, 0.5) is 0 Å². The summed E-state index contributed by atoms with van der Waals surface area (Å²) in [5.74, 6) is 0.478. The minimum atomic E-state index is -2.84. The van der Waals surface area contributed by atoms with Gasteiger partial charge in [0.15, 0.2) is 9.84 Å². The van der Waals surface area contributed by atoms with Gasteiger partial charge < -0.3 is 0 Å². The summed E-state index contributed by atoms with van der Waals surface area (Å²) in [5, 5.41) is 0.836. The summed E-state index contributed by atoms with van der Waals surface area (Å²) in [4.78, 5) is 2.06. The summed E-state index contributed by atoms with van der Waals surface area (Å²) in [7, 11) is -0.889. The summed E-state index contributed by atoms with van der Waals surface area (Å²) in [6.45, 7) is 6.44. The van der Waals surface area contributed by atoms with Gasteiger partial charge in [0.1, 0.15) is 0 Å². The molecule has 0 aromatic heterocycles. The molecule has 0 bridgehead atoms. The van der Waals surface area contributed by atoms with Crippen molar-refractivity contribution in [3.63, 3.8) is 0 Å². The van der Waals surface area contributed by atoms with Crippen LogP contribution in [0.15, 0.2) is 0 Å². The van der Waals surface area contributed by atoms with Crippen molar-refractivity contribution >= 4 is 25.8 Å². The molecule has 0 saturated heterocycles. The topological polar surface area (TPSA) is 37.4 Å². The van der Waals surface area contributed by atoms with Crippen LogP contribution < -0.4 is 0 Å². The first-order valence-corrected chi connectivity index (χ1v) is 7.67. The van der Waals surface area contributed by atoms with Crippen LogP contribution in [-0.4, -0.2) is 49.3 Å². The molecule has 0 radical (unpaired) electrons. The highest BCUT2D eigenvalue weighted by molar-refractivity contribution is 9.09. The van der Waals surface area contributed by atoms with Gasteiger partial charge in [0.25, 0.3) is 0 Å². The number of sulfone groups is 1. The highest BCUT2D eigenvalue weighted by Crippen LogP contribution is 2.14. The first-order chi connectivity index (χ1) is 6.25. The second-order valence-corrected chi connectivity index (χ2v) is 7.14. The molecule has 0 fully saturated rings. The molecule has 0 heterocycles. The Morgan fingerprint density at radius 2 is 1.86 bits per heavy atom. The lowest BCUT2D eigenvalue weighted by molar-refractivity contribution is 0.192. The van der Waals surface area contributed by atoms with E-state index in [1.165, 1.54) is 0 Å². The molecule has 0 aliphatic rings. The first-order valence-electron chi connectivity index (χ1n) is 4.73. The van der Waals surface area contributed by atoms with Gasteiger partial charge in [-0.25, -0.2) is 8.42 Å². The van der Waals surface area contributed by atoms with Crippen molar-refractivity contribution in [2.75, 3.05) is 30.4 Å². The van der Waals surface area contributed by atoms with Gasteiger partial charge in [0, 0.05) is 23.2 Å². The highest BCUT2D eigenvalue weighted by Gasteiger charge is 2.22. The van der Waals surface area contributed by atoms with E-state index in [9.17, 15) is 8.42 Å². The number of halogens is 1. The van der Waals surface area contributed by atoms with Crippen molar-refractivity contribution < 1.29 is 8.42 Å². The van der Waals surface area contributed by atoms with Crippen LogP contribution in [-0.2, 0) is 9.84 Å². The van der Waals surface area contributed by atoms with Gasteiger partial charge in [0.2, 0.25) is 0 Å². The van der Waals surface area contributed by atoms with Crippen molar-refractivity contribution in [3.05, 3.63) is 0 Å². The minimum absolute atomic E-state index is 0.00324. The molecule has 0 rings (SSSR count). The van der Waals surface area contributed by atoms with E-state index >= 15 is 0 Å². The summed E-state index contributed by atoms with van der Waals surface area (Å²) in [5.41, 5.74) is 0.00324. The fourth-order valence-electron chi connectivity index (χ4n) is 0.825. The van der Waals surface area contributed by atoms with Crippen molar-refractivity contribution in [1.29, 1.82) is 0 Å². The van der Waals surface area contributed by atoms with Crippen molar-refractivity contribution in [2.24, 2.45) is 0 Å². The Morgan fingerprint density at radius 3 is 2.21 bits per heavy atom. The molecule has 86 valence electrons. The fourth-order valence-corrected chi connectivity index (χ4v) is 2.09. The molecule has 0 amide bonds. The summed E-state index contributed by atoms with van der Waals surface area (Å²) >= 11 is 3.42. The largest absolute Gasteiger partial charge is 0.299 e. The number of hydrogen-bond acceptors (Lipinski definition) is 3. The maximum atomic E-state index is 11.3. The van der Waals surface area contributed by atoms with Crippen LogP contribution in [0.5, 0.6) is 0 Å². The third-order valence-corrected chi connectivity index (χ3v) is 5.59. The maximum absolute atomic E-state index is 11.3. The van der Waals surface area contributed by atoms with Crippen LogP contribution in [0.2, 0.25) is 0 Å². The van der Waals surface area contributed by atoms with Crippen LogP contribution in [0, 0.1) is 0 Å². The van der Waals surface area contributed by atoms with Crippen molar-refractivity contribution in [2.45, 2.75) is 26.3 Å². The molecule has 3 nitrogen and oxygen atoms in total. The lowest BCUT2D eigenvalue weighted by atomic mass is 10.1. The molecule has 0 aromatic carbocycles. The molecule has 5 heteroatoms. The quantitative estimate of drug-likeness (QED) is 0.695. The Hall–Kier alpha value is 0.390. The average molecular weight is 286 g/mol. The molecule has 0 aliphatic heterocycles. The van der Waals surface area contributed by atoms with Gasteiger partial charge in [-0.3, -0.25) is 4.90 Å². The Bertz CT molecular complexity index is 262. The molecule has 0 saturated carbocycles. The first kappa shape index (κ1) is 14.4. The smallest absolute Gasteiger partial charge is 0.151 e. The Kier molecular flexibility index (Phi) is 5.62. The summed E-state index contributed by atoms with van der Waals surface area (Å²) in [6.07, 6.45) is 0. The van der Waals surface area contributed by atoms with E-state index in [-0.39, 0.29) is 17.0 Å². The zero-order valence-corrected chi connectivity index (χ0v) is 11.8. The van der Waals surface area contributed by atoms with Crippen LogP contribution in [0.25, 0.3) is 0 Å². The van der Waals surface area contributed by atoms with E-state index in [2.05, 4.69) is 34.7 Å². The van der Waals surface area contributed by atoms with Crippen LogP contribution in [0.3, 0.4) is 0 Å². The fraction of sp³-hybridized carbons (Fsp3) is 1.00. The number of hydrogen-bond donors (Lipinski definition) is 0. The lowest BCUT2D eigenvalue weighted by Gasteiger charge is -2.33. The molecule has 0 atom stereocenters. The summed E-state index contributed by atoms with van der Waals surface area (Å²) < 4.78 is 22.6. The number of alkyl halides is 1. The van der Waals surface area contributed by atoms with E-state index in [4.69, 9.17) is 0 Å². The van der Waals surface area contributed by atoms with Crippen LogP contribution in [0.1, 0.15) is 20.8 Å². The Balaban J connectivity index is 4.16. The number of rotatable bonds is 6. The predicted octanol–water partition coefficient (Wildman–Crippen LogP) is 1.53. The van der Waals surface area contributed by atoms with E-state index < -0.39 is 9.84 Å². The Labute approximate surface area is 95.9 Å². The highest BCUT2D eigenvalue weighted by atomic mass is 79.9. The van der Waals surface area contributed by atoms with E-state index in [0.29, 0.717) is 6.54 Å². The van der Waals surface area contributed by atoms with Gasteiger partial charge in [-0.2, -0.15) is 0 Å². The van der Waals surface area contributed by atoms with E-state index in [1.807, 2.05) is 7.05 Å². The van der Waals surface area contributed by atoms with Crippen molar-refractivity contribution in [3.8, 4) is 0 Å². The average Bonchev–Trinajstić information content (AvgIpc) is 2.14. The SMILES string of the molecule is CCS(=O)(=O)CCN(C)C(C)(C)CBr. The summed E-state index contributed by atoms with van der Waals surface area (Å²) in [6, 6.07) is 0. The second kappa shape index (κ2) is 5.47. The maximum Gasteiger partial charge on any atom is 0.151 e. The van der Waals surface area contributed by atoms with E-state index in [0.717, 1.165) is 5.33 Å². The predicted molar refractivity (Wildman–Crippen MR) is 64.8 cm³/mol. The lowest BCUT2D eigenvalue weighted by Crippen LogP contribution is -2.44. The van der Waals surface area contributed by atoms with Crippen molar-refractivity contribution in [1.82, 2.24) is 4.90 Å². The molecule has 0 aromatic rings. The van der Waals surface area contributed by atoms with E-state index in [1.54, 1.807) is 6.92 Å². The minimum Gasteiger partial charge on any atom is -0.299 e. The molecular formula is C9H20BrNO2S. The number of nitrogens with zero attached hydrogens (tertiary/aromatic N) is 1. The molecular weight excluding hydrogens is 266 g/mol. The third-order valence-electron chi connectivity index (χ3n) is 2.54. The van der Waals surface area contributed by atoms with Gasteiger partial charge in [0.05, 0.1) is 5.75 Å². The molecule has 0 unspecified atom stereocenters. The standard InChI is InChI=1S/C9H20BrNO2S/c1-5-14(12,13)7-6-11(4)9(2,3)8-10/h5-8H2,1-4H3. The van der Waals surface area contributed by atoms with Crippen LogP contribution >= 0.6 is 15.9 Å². The van der Waals surface area contributed by atoms with Gasteiger partial charge in [-0.1, -0.05) is 22.9 Å². The zero-order chi connectivity index (χ0) is 11.4.